The Morgan fingerprint density at radius 1 is 0.459 bits per heavy atom. The summed E-state index contributed by atoms with van der Waals surface area (Å²) in [6.45, 7) is 22.3. The number of nitrogens with two attached hydrogens (primary N) is 2. The normalized spacial score (nSPS) is 44.1. The summed E-state index contributed by atoms with van der Waals surface area (Å²) in [5, 5.41) is 0. The highest BCUT2D eigenvalue weighted by molar-refractivity contribution is 4.76. The molecule has 0 unspecified atom stereocenters. The van der Waals surface area contributed by atoms with Crippen LogP contribution in [0, 0.1) is 17.8 Å². The largest absolute Gasteiger partial charge is 0.375 e. The van der Waals surface area contributed by atoms with Crippen LogP contribution >= 0.6 is 0 Å². The highest BCUT2D eigenvalue weighted by atomic mass is 16.5. The minimum Gasteiger partial charge on any atom is -0.375 e. The van der Waals surface area contributed by atoms with E-state index in [1.54, 1.807) is 0 Å². The monoisotopic (exact) mass is 528 g/mol. The molecule has 222 valence electrons. The molecule has 37 heavy (non-hydrogen) atoms. The molecule has 4 heterocycles. The van der Waals surface area contributed by atoms with Crippen molar-refractivity contribution in [3.63, 3.8) is 0 Å². The first-order valence-electron chi connectivity index (χ1n) is 15.4. The minimum absolute atomic E-state index is 0.258. The summed E-state index contributed by atoms with van der Waals surface area (Å²) in [5.74, 6) is 2.12. The number of hydrogen-bond donors (Lipinski definition) is 2. The Kier molecular flexibility index (Phi) is 17.1. The smallest absolute Gasteiger partial charge is 0.0701 e. The minimum atomic E-state index is 0.258. The van der Waals surface area contributed by atoms with Crippen LogP contribution in [-0.2, 0) is 18.9 Å². The van der Waals surface area contributed by atoms with E-state index >= 15 is 0 Å². The third-order valence-electron chi connectivity index (χ3n) is 8.87. The molecule has 4 N–H and O–H groups in total. The Bertz CT molecular complexity index is 522. The standard InChI is InChI=1S/C8H17NO.2C8H16O.C7H15NO/c1-6-3-4-8(5-9)7(2)10-6;2*1-6-4-5-7(2)9-8(6)3;1-5-3-4-7(8)6(2)9-5/h6-8H,3-5,9H2,1-2H3;2*6-8H,4-5H2,1-3H3;5-7H,3-4,8H2,1-2H3/t6-,7+,8+;2*6-,7-,8+;5-,6+,7-/m0000/s1. The van der Waals surface area contributed by atoms with Gasteiger partial charge < -0.3 is 30.4 Å². The van der Waals surface area contributed by atoms with Crippen molar-refractivity contribution in [1.82, 2.24) is 0 Å². The molecule has 0 aromatic heterocycles. The van der Waals surface area contributed by atoms with Gasteiger partial charge >= 0.3 is 0 Å². The van der Waals surface area contributed by atoms with Crippen molar-refractivity contribution >= 4 is 0 Å². The number of ether oxygens (including phenoxy) is 4. The van der Waals surface area contributed by atoms with Crippen molar-refractivity contribution in [2.24, 2.45) is 29.2 Å². The Labute approximate surface area is 230 Å². The van der Waals surface area contributed by atoms with Gasteiger partial charge in [-0.05, 0) is 131 Å². The Morgan fingerprint density at radius 2 is 0.811 bits per heavy atom. The molecular weight excluding hydrogens is 464 g/mol. The Hall–Kier alpha value is -0.240. The van der Waals surface area contributed by atoms with Crippen LogP contribution in [-0.4, -0.2) is 61.4 Å². The van der Waals surface area contributed by atoms with E-state index in [4.69, 9.17) is 30.4 Å². The fourth-order valence-electron chi connectivity index (χ4n) is 5.34. The van der Waals surface area contributed by atoms with Crippen LogP contribution < -0.4 is 11.5 Å². The molecule has 4 fully saturated rings. The SMILES string of the molecule is C[C@H]1CC[C@H](C)[C@@H](C)O1.C[C@H]1CC[C@H](C)[C@@H](C)O1.C[C@H]1CC[C@H](CN)[C@@H](C)O1.C[C@H]1CC[C@H](N)[C@@H](C)O1. The molecule has 4 rings (SSSR count). The summed E-state index contributed by atoms with van der Waals surface area (Å²) >= 11 is 0. The molecular formula is C31H64N2O4. The van der Waals surface area contributed by atoms with E-state index < -0.39 is 0 Å². The highest BCUT2D eigenvalue weighted by Gasteiger charge is 2.25. The fraction of sp³-hybridized carbons (Fsp3) is 1.00. The van der Waals surface area contributed by atoms with Gasteiger partial charge in [-0.3, -0.25) is 0 Å². The Morgan fingerprint density at radius 3 is 1.11 bits per heavy atom. The first-order chi connectivity index (χ1) is 17.3. The molecule has 0 bridgehead atoms. The van der Waals surface area contributed by atoms with Crippen LogP contribution in [0.3, 0.4) is 0 Å². The summed E-state index contributed by atoms with van der Waals surface area (Å²) in [6, 6.07) is 0.265. The van der Waals surface area contributed by atoms with E-state index in [0.717, 1.165) is 31.2 Å². The molecule has 0 radical (unpaired) electrons. The van der Waals surface area contributed by atoms with E-state index in [2.05, 4.69) is 62.3 Å². The average Bonchev–Trinajstić information content (AvgIpc) is 2.83. The van der Waals surface area contributed by atoms with Crippen LogP contribution in [0.25, 0.3) is 0 Å². The lowest BCUT2D eigenvalue weighted by atomic mass is 9.93. The van der Waals surface area contributed by atoms with Gasteiger partial charge in [0.25, 0.3) is 0 Å². The zero-order valence-electron chi connectivity index (χ0n) is 26.1. The molecule has 0 saturated carbocycles. The lowest BCUT2D eigenvalue weighted by molar-refractivity contribution is -0.0618. The van der Waals surface area contributed by atoms with E-state index in [-0.39, 0.29) is 12.1 Å². The first kappa shape index (κ1) is 34.8. The topological polar surface area (TPSA) is 89.0 Å². The van der Waals surface area contributed by atoms with Gasteiger partial charge in [0.2, 0.25) is 0 Å². The molecule has 4 aliphatic heterocycles. The van der Waals surface area contributed by atoms with Crippen molar-refractivity contribution in [2.45, 2.75) is 175 Å². The van der Waals surface area contributed by atoms with Crippen molar-refractivity contribution in [1.29, 1.82) is 0 Å². The highest BCUT2D eigenvalue weighted by Crippen LogP contribution is 2.25. The van der Waals surface area contributed by atoms with Gasteiger partial charge in [0.05, 0.1) is 48.8 Å². The number of rotatable bonds is 1. The Balaban J connectivity index is 0.000000247. The van der Waals surface area contributed by atoms with Crippen LogP contribution in [0.5, 0.6) is 0 Å². The second-order valence-corrected chi connectivity index (χ2v) is 12.5. The van der Waals surface area contributed by atoms with Gasteiger partial charge in [-0.1, -0.05) is 13.8 Å². The van der Waals surface area contributed by atoms with E-state index in [9.17, 15) is 0 Å². The molecule has 0 spiro atoms. The maximum atomic E-state index is 5.72. The van der Waals surface area contributed by atoms with Gasteiger partial charge in [0, 0.05) is 6.04 Å². The summed E-state index contributed by atoms with van der Waals surface area (Å²) in [4.78, 5) is 0. The molecule has 0 aromatic carbocycles. The predicted molar refractivity (Wildman–Crippen MR) is 156 cm³/mol. The average molecular weight is 529 g/mol. The molecule has 0 aromatic rings. The van der Waals surface area contributed by atoms with Crippen molar-refractivity contribution in [2.75, 3.05) is 6.54 Å². The summed E-state index contributed by atoms with van der Waals surface area (Å²) < 4.78 is 22.3. The molecule has 12 atom stereocenters. The third kappa shape index (κ3) is 14.1. The molecule has 6 heteroatoms. The number of hydrogen-bond acceptors (Lipinski definition) is 6. The lowest BCUT2D eigenvalue weighted by Crippen LogP contribution is -2.41. The second-order valence-electron chi connectivity index (χ2n) is 12.5. The van der Waals surface area contributed by atoms with Gasteiger partial charge in [0.15, 0.2) is 0 Å². The zero-order valence-corrected chi connectivity index (χ0v) is 26.1. The van der Waals surface area contributed by atoms with E-state index in [0.29, 0.717) is 48.6 Å². The maximum absolute atomic E-state index is 5.72. The van der Waals surface area contributed by atoms with Crippen molar-refractivity contribution in [3.05, 3.63) is 0 Å². The van der Waals surface area contributed by atoms with Crippen molar-refractivity contribution < 1.29 is 18.9 Å². The fourth-order valence-corrected chi connectivity index (χ4v) is 5.34. The molecule has 4 saturated heterocycles. The second kappa shape index (κ2) is 18.2. The van der Waals surface area contributed by atoms with Crippen LogP contribution in [0.1, 0.15) is 121 Å². The van der Waals surface area contributed by atoms with Gasteiger partial charge in [-0.25, -0.2) is 0 Å². The van der Waals surface area contributed by atoms with Gasteiger partial charge in [-0.2, -0.15) is 0 Å². The van der Waals surface area contributed by atoms with Gasteiger partial charge in [-0.15, -0.1) is 0 Å². The summed E-state index contributed by atoms with van der Waals surface area (Å²) in [5.41, 5.74) is 11.3. The molecule has 0 amide bonds. The summed E-state index contributed by atoms with van der Waals surface area (Å²) in [6.07, 6.45) is 13.2. The lowest BCUT2D eigenvalue weighted by Gasteiger charge is -2.32. The summed E-state index contributed by atoms with van der Waals surface area (Å²) in [7, 11) is 0. The van der Waals surface area contributed by atoms with Gasteiger partial charge in [0.1, 0.15) is 0 Å². The maximum Gasteiger partial charge on any atom is 0.0701 e. The van der Waals surface area contributed by atoms with E-state index in [1.165, 1.54) is 38.5 Å². The van der Waals surface area contributed by atoms with Crippen molar-refractivity contribution in [3.8, 4) is 0 Å². The molecule has 0 aliphatic carbocycles. The predicted octanol–water partition coefficient (Wildman–Crippen LogP) is 6.47. The quantitative estimate of drug-likeness (QED) is 0.405. The van der Waals surface area contributed by atoms with Crippen LogP contribution in [0.2, 0.25) is 0 Å². The third-order valence-corrected chi connectivity index (χ3v) is 8.87. The zero-order chi connectivity index (χ0) is 28.1. The van der Waals surface area contributed by atoms with Crippen LogP contribution in [0.4, 0.5) is 0 Å². The molecule has 6 nitrogen and oxygen atoms in total. The molecule has 4 aliphatic rings. The van der Waals surface area contributed by atoms with Crippen LogP contribution in [0.15, 0.2) is 0 Å². The first-order valence-corrected chi connectivity index (χ1v) is 15.4. The van der Waals surface area contributed by atoms with E-state index in [1.807, 2.05) is 6.92 Å².